The van der Waals surface area contributed by atoms with E-state index in [9.17, 15) is 0 Å². The Balaban J connectivity index is 2.09. The second kappa shape index (κ2) is 5.14. The Kier molecular flexibility index (Phi) is 3.35. The molecule has 0 saturated carbocycles. The van der Waals surface area contributed by atoms with Crippen molar-refractivity contribution in [3.63, 3.8) is 0 Å². The summed E-state index contributed by atoms with van der Waals surface area (Å²) in [6.45, 7) is 0. The Morgan fingerprint density at radius 1 is 1.05 bits per heavy atom. The molecule has 0 aliphatic rings. The van der Waals surface area contributed by atoms with Crippen molar-refractivity contribution in [3.8, 4) is 0 Å². The molecule has 0 unspecified atom stereocenters. The number of nitrogens with two attached hydrogens (primary N) is 1. The molecule has 94 valence electrons. The molecule has 0 radical (unpaired) electrons. The summed E-state index contributed by atoms with van der Waals surface area (Å²) in [5, 5.41) is 0. The number of pyridine rings is 3. The first kappa shape index (κ1) is 12.4. The maximum atomic E-state index is 5.91. The van der Waals surface area contributed by atoms with Gasteiger partial charge in [0.05, 0.1) is 17.4 Å². The van der Waals surface area contributed by atoms with Crippen LogP contribution in [0.1, 0.15) is 0 Å². The molecule has 0 aliphatic carbocycles. The van der Waals surface area contributed by atoms with Gasteiger partial charge in [0.2, 0.25) is 0 Å². The van der Waals surface area contributed by atoms with E-state index in [2.05, 4.69) is 30.9 Å². The molecular formula is C13H9BrN4S. The van der Waals surface area contributed by atoms with Gasteiger partial charge in [-0.3, -0.25) is 15.0 Å². The zero-order chi connectivity index (χ0) is 13.2. The molecule has 3 heterocycles. The summed E-state index contributed by atoms with van der Waals surface area (Å²) in [4.78, 5) is 14.7. The lowest BCUT2D eigenvalue weighted by Crippen LogP contribution is -1.90. The highest BCUT2D eigenvalue weighted by Crippen LogP contribution is 2.34. The van der Waals surface area contributed by atoms with Gasteiger partial charge >= 0.3 is 0 Å². The lowest BCUT2D eigenvalue weighted by atomic mass is 10.3. The molecule has 4 nitrogen and oxygen atoms in total. The normalized spacial score (nSPS) is 10.8. The standard InChI is InChI=1S/C13H9BrN4S/c14-8-5-10-13(18-6-8)12(2-4-17-10)19-11-1-3-16-7-9(11)15/h1-7H,15H2. The van der Waals surface area contributed by atoms with Crippen LogP contribution in [-0.4, -0.2) is 15.0 Å². The topological polar surface area (TPSA) is 64.7 Å². The van der Waals surface area contributed by atoms with E-state index in [-0.39, 0.29) is 0 Å². The summed E-state index contributed by atoms with van der Waals surface area (Å²) in [6, 6.07) is 5.78. The van der Waals surface area contributed by atoms with Crippen molar-refractivity contribution >= 4 is 44.4 Å². The van der Waals surface area contributed by atoms with Crippen LogP contribution in [0.15, 0.2) is 57.3 Å². The van der Waals surface area contributed by atoms with E-state index in [0.29, 0.717) is 5.69 Å². The van der Waals surface area contributed by atoms with Crippen molar-refractivity contribution in [2.75, 3.05) is 5.73 Å². The summed E-state index contributed by atoms with van der Waals surface area (Å²) in [6.07, 6.45) is 6.92. The number of fused-ring (bicyclic) bond motifs is 1. The quantitative estimate of drug-likeness (QED) is 0.777. The van der Waals surface area contributed by atoms with Crippen LogP contribution in [-0.2, 0) is 0 Å². The molecule has 0 aromatic carbocycles. The Hall–Kier alpha value is -1.66. The van der Waals surface area contributed by atoms with Gasteiger partial charge in [0, 0.05) is 32.9 Å². The van der Waals surface area contributed by atoms with Crippen molar-refractivity contribution in [2.45, 2.75) is 9.79 Å². The molecule has 0 spiro atoms. The van der Waals surface area contributed by atoms with Crippen molar-refractivity contribution in [3.05, 3.63) is 47.5 Å². The van der Waals surface area contributed by atoms with Gasteiger partial charge < -0.3 is 5.73 Å². The number of nitrogen functional groups attached to an aromatic ring is 1. The number of halogens is 1. The van der Waals surface area contributed by atoms with E-state index in [1.807, 2.05) is 18.2 Å². The maximum absolute atomic E-state index is 5.91. The zero-order valence-electron chi connectivity index (χ0n) is 9.75. The first-order chi connectivity index (χ1) is 9.24. The van der Waals surface area contributed by atoms with Crippen LogP contribution < -0.4 is 5.73 Å². The Morgan fingerprint density at radius 2 is 1.89 bits per heavy atom. The summed E-state index contributed by atoms with van der Waals surface area (Å²) in [5.41, 5.74) is 8.29. The average Bonchev–Trinajstić information content (AvgIpc) is 2.41. The van der Waals surface area contributed by atoms with Crippen molar-refractivity contribution < 1.29 is 0 Å². The van der Waals surface area contributed by atoms with E-state index in [0.717, 1.165) is 25.3 Å². The summed E-state index contributed by atoms with van der Waals surface area (Å²) >= 11 is 4.96. The first-order valence-corrected chi connectivity index (χ1v) is 7.12. The van der Waals surface area contributed by atoms with Gasteiger partial charge in [-0.15, -0.1) is 0 Å². The highest BCUT2D eigenvalue weighted by Gasteiger charge is 2.07. The number of nitrogens with zero attached hydrogens (tertiary/aromatic N) is 3. The summed E-state index contributed by atoms with van der Waals surface area (Å²) in [5.74, 6) is 0. The number of rotatable bonds is 2. The molecule has 6 heteroatoms. The fraction of sp³-hybridized carbons (Fsp3) is 0. The van der Waals surface area contributed by atoms with E-state index in [4.69, 9.17) is 5.73 Å². The predicted molar refractivity (Wildman–Crippen MR) is 80.0 cm³/mol. The fourth-order valence-electron chi connectivity index (χ4n) is 1.67. The van der Waals surface area contributed by atoms with E-state index in [1.165, 1.54) is 0 Å². The van der Waals surface area contributed by atoms with Gasteiger partial charge in [0.1, 0.15) is 5.52 Å². The summed E-state index contributed by atoms with van der Waals surface area (Å²) in [7, 11) is 0. The molecule has 0 saturated heterocycles. The zero-order valence-corrected chi connectivity index (χ0v) is 12.1. The molecule has 0 bridgehead atoms. The van der Waals surface area contributed by atoms with Gasteiger partial charge in [0.15, 0.2) is 0 Å². The smallest absolute Gasteiger partial charge is 0.103 e. The molecule has 19 heavy (non-hydrogen) atoms. The van der Waals surface area contributed by atoms with Gasteiger partial charge in [-0.25, -0.2) is 0 Å². The Bertz CT molecular complexity index is 748. The highest BCUT2D eigenvalue weighted by atomic mass is 79.9. The molecule has 0 aliphatic heterocycles. The first-order valence-electron chi connectivity index (χ1n) is 5.51. The van der Waals surface area contributed by atoms with Gasteiger partial charge in [-0.1, -0.05) is 11.8 Å². The molecule has 0 fully saturated rings. The number of anilines is 1. The number of hydrogen-bond acceptors (Lipinski definition) is 5. The second-order valence-corrected chi connectivity index (χ2v) is 5.85. The maximum Gasteiger partial charge on any atom is 0.103 e. The van der Waals surface area contributed by atoms with Gasteiger partial charge in [-0.2, -0.15) is 0 Å². The van der Waals surface area contributed by atoms with Gasteiger partial charge in [0.25, 0.3) is 0 Å². The minimum atomic E-state index is 0.662. The molecule has 3 rings (SSSR count). The van der Waals surface area contributed by atoms with Crippen molar-refractivity contribution in [1.82, 2.24) is 15.0 Å². The van der Waals surface area contributed by atoms with Crippen molar-refractivity contribution in [1.29, 1.82) is 0 Å². The molecule has 0 amide bonds. The largest absolute Gasteiger partial charge is 0.397 e. The summed E-state index contributed by atoms with van der Waals surface area (Å²) < 4.78 is 0.915. The molecule has 3 aromatic heterocycles. The lowest BCUT2D eigenvalue weighted by Gasteiger charge is -2.06. The third-order valence-electron chi connectivity index (χ3n) is 2.54. The molecular weight excluding hydrogens is 324 g/mol. The van der Waals surface area contributed by atoms with Crippen LogP contribution >= 0.6 is 27.7 Å². The Morgan fingerprint density at radius 3 is 2.74 bits per heavy atom. The molecule has 3 aromatic rings. The monoisotopic (exact) mass is 332 g/mol. The third-order valence-corrected chi connectivity index (χ3v) is 4.11. The predicted octanol–water partition coefficient (Wildman–Crippen LogP) is 3.52. The van der Waals surface area contributed by atoms with Crippen LogP contribution in [0.5, 0.6) is 0 Å². The van der Waals surface area contributed by atoms with Crippen LogP contribution in [0.25, 0.3) is 11.0 Å². The third kappa shape index (κ3) is 2.54. The minimum absolute atomic E-state index is 0.662. The second-order valence-electron chi connectivity index (χ2n) is 3.85. The highest BCUT2D eigenvalue weighted by molar-refractivity contribution is 9.10. The fourth-order valence-corrected chi connectivity index (χ4v) is 2.91. The molecule has 0 atom stereocenters. The number of aromatic nitrogens is 3. The van der Waals surface area contributed by atoms with Crippen LogP contribution in [0.2, 0.25) is 0 Å². The van der Waals surface area contributed by atoms with Crippen LogP contribution in [0.4, 0.5) is 5.69 Å². The van der Waals surface area contributed by atoms with E-state index < -0.39 is 0 Å². The average molecular weight is 333 g/mol. The van der Waals surface area contributed by atoms with Crippen LogP contribution in [0.3, 0.4) is 0 Å². The SMILES string of the molecule is Nc1cnccc1Sc1ccnc2cc(Br)cnc12. The minimum Gasteiger partial charge on any atom is -0.397 e. The lowest BCUT2D eigenvalue weighted by molar-refractivity contribution is 1.25. The molecule has 2 N–H and O–H groups in total. The van der Waals surface area contributed by atoms with Crippen molar-refractivity contribution in [2.24, 2.45) is 0 Å². The van der Waals surface area contributed by atoms with Gasteiger partial charge in [-0.05, 0) is 34.1 Å². The van der Waals surface area contributed by atoms with Crippen LogP contribution in [0, 0.1) is 0 Å². The van der Waals surface area contributed by atoms with E-state index in [1.54, 1.807) is 36.5 Å². The van der Waals surface area contributed by atoms with E-state index >= 15 is 0 Å². The Labute approximate surface area is 122 Å². The number of hydrogen-bond donors (Lipinski definition) is 1.